The van der Waals surface area contributed by atoms with Crippen molar-refractivity contribution in [3.63, 3.8) is 0 Å². The van der Waals surface area contributed by atoms with Crippen LogP contribution in [0.25, 0.3) is 88.0 Å². The lowest BCUT2D eigenvalue weighted by Crippen LogP contribution is -1.95. The van der Waals surface area contributed by atoms with E-state index in [9.17, 15) is 0 Å². The van der Waals surface area contributed by atoms with Crippen LogP contribution in [0.2, 0.25) is 0 Å². The van der Waals surface area contributed by atoms with E-state index in [1.807, 2.05) is 0 Å². The molecule has 0 bridgehead atoms. The van der Waals surface area contributed by atoms with Crippen molar-refractivity contribution >= 4 is 54.4 Å². The fourth-order valence-corrected chi connectivity index (χ4v) is 7.68. The van der Waals surface area contributed by atoms with Gasteiger partial charge in [0.2, 0.25) is 0 Å². The Hall–Kier alpha value is -6.38. The van der Waals surface area contributed by atoms with Gasteiger partial charge in [-0.2, -0.15) is 0 Å². The summed E-state index contributed by atoms with van der Waals surface area (Å²) in [5, 5.41) is 7.57. The molecule has 0 saturated carbocycles. The van der Waals surface area contributed by atoms with Crippen LogP contribution in [0.15, 0.2) is 182 Å². The first kappa shape index (κ1) is 26.8. The van der Waals surface area contributed by atoms with E-state index in [0.717, 1.165) is 0 Å². The minimum absolute atomic E-state index is 1.18. The molecule has 8 aromatic carbocycles. The van der Waals surface area contributed by atoms with E-state index in [1.165, 1.54) is 88.0 Å². The van der Waals surface area contributed by atoms with Crippen LogP contribution >= 0.6 is 0 Å². The van der Waals surface area contributed by atoms with Crippen molar-refractivity contribution in [1.29, 1.82) is 0 Å². The minimum atomic E-state index is 1.18. The molecule has 2 nitrogen and oxygen atoms in total. The van der Waals surface area contributed by atoms with Gasteiger partial charge in [-0.05, 0) is 82.2 Å². The van der Waals surface area contributed by atoms with Gasteiger partial charge in [0.25, 0.3) is 0 Å². The van der Waals surface area contributed by atoms with Gasteiger partial charge in [-0.3, -0.25) is 0 Å². The van der Waals surface area contributed by atoms with Crippen LogP contribution in [-0.4, -0.2) is 9.13 Å². The van der Waals surface area contributed by atoms with Crippen molar-refractivity contribution in [1.82, 2.24) is 9.13 Å². The number of fused-ring (bicyclic) bond motifs is 7. The fraction of sp³-hybridized carbons (Fsp3) is 0. The highest BCUT2D eigenvalue weighted by Gasteiger charge is 2.16. The number of aromatic nitrogens is 2. The summed E-state index contributed by atoms with van der Waals surface area (Å²) in [6.45, 7) is 0. The molecule has 0 unspecified atom stereocenters. The van der Waals surface area contributed by atoms with Gasteiger partial charge in [0.1, 0.15) is 0 Å². The van der Waals surface area contributed by atoms with Gasteiger partial charge in [0.05, 0.1) is 27.8 Å². The lowest BCUT2D eigenvalue weighted by atomic mass is 9.98. The van der Waals surface area contributed by atoms with Gasteiger partial charge in [0.15, 0.2) is 0 Å². The Morgan fingerprint density at radius 3 is 1.38 bits per heavy atom. The number of hydrogen-bond acceptors (Lipinski definition) is 0. The second-order valence-corrected chi connectivity index (χ2v) is 12.6. The molecular weight excluding hydrogens is 581 g/mol. The van der Waals surface area contributed by atoms with Crippen molar-refractivity contribution < 1.29 is 0 Å². The zero-order chi connectivity index (χ0) is 31.6. The Balaban J connectivity index is 1.07. The normalized spacial score (nSPS) is 11.8. The molecule has 0 spiro atoms. The van der Waals surface area contributed by atoms with Crippen LogP contribution in [0.3, 0.4) is 0 Å². The molecule has 2 heterocycles. The SMILES string of the molecule is c1ccc(-n2c3ccccc3c3cc(-c4ccc(-c5ccc6c(c5)c5ccccc5n6-c5cccc6ccccc56)cc4)ccc32)cc1. The first-order valence-corrected chi connectivity index (χ1v) is 16.5. The third-order valence-corrected chi connectivity index (χ3v) is 9.92. The van der Waals surface area contributed by atoms with Gasteiger partial charge in [-0.1, -0.05) is 127 Å². The van der Waals surface area contributed by atoms with Crippen LogP contribution in [-0.2, 0) is 0 Å². The zero-order valence-corrected chi connectivity index (χ0v) is 26.2. The summed E-state index contributed by atoms with van der Waals surface area (Å²) in [7, 11) is 0. The first-order valence-electron chi connectivity index (χ1n) is 16.5. The molecule has 0 N–H and O–H groups in total. The van der Waals surface area contributed by atoms with Crippen molar-refractivity contribution in [2.75, 3.05) is 0 Å². The maximum absolute atomic E-state index is 2.42. The number of rotatable bonds is 4. The highest BCUT2D eigenvalue weighted by Crippen LogP contribution is 2.38. The Bertz CT molecular complexity index is 2810. The van der Waals surface area contributed by atoms with Crippen molar-refractivity contribution in [2.45, 2.75) is 0 Å². The maximum Gasteiger partial charge on any atom is 0.0541 e. The molecule has 48 heavy (non-hydrogen) atoms. The summed E-state index contributed by atoms with van der Waals surface area (Å²) < 4.78 is 4.79. The summed E-state index contributed by atoms with van der Waals surface area (Å²) >= 11 is 0. The summed E-state index contributed by atoms with van der Waals surface area (Å²) in [4.78, 5) is 0. The average molecular weight is 611 g/mol. The number of para-hydroxylation sites is 3. The van der Waals surface area contributed by atoms with Crippen molar-refractivity contribution in [3.05, 3.63) is 182 Å². The van der Waals surface area contributed by atoms with Gasteiger partial charge in [-0.25, -0.2) is 0 Å². The third-order valence-electron chi connectivity index (χ3n) is 9.92. The lowest BCUT2D eigenvalue weighted by Gasteiger charge is -2.12. The van der Waals surface area contributed by atoms with E-state index >= 15 is 0 Å². The van der Waals surface area contributed by atoms with Crippen LogP contribution in [0.4, 0.5) is 0 Å². The van der Waals surface area contributed by atoms with Gasteiger partial charge < -0.3 is 9.13 Å². The van der Waals surface area contributed by atoms with E-state index in [0.29, 0.717) is 0 Å². The lowest BCUT2D eigenvalue weighted by molar-refractivity contribution is 1.18. The second-order valence-electron chi connectivity index (χ2n) is 12.6. The summed E-state index contributed by atoms with van der Waals surface area (Å²) in [5.74, 6) is 0. The van der Waals surface area contributed by atoms with E-state index < -0.39 is 0 Å². The summed E-state index contributed by atoms with van der Waals surface area (Å²) in [5.41, 5.74) is 12.1. The topological polar surface area (TPSA) is 9.86 Å². The molecule has 0 radical (unpaired) electrons. The largest absolute Gasteiger partial charge is 0.309 e. The molecule has 0 aliphatic carbocycles. The summed E-state index contributed by atoms with van der Waals surface area (Å²) in [6.07, 6.45) is 0. The highest BCUT2D eigenvalue weighted by molar-refractivity contribution is 6.12. The molecule has 0 saturated heterocycles. The van der Waals surface area contributed by atoms with E-state index in [4.69, 9.17) is 0 Å². The number of hydrogen-bond donors (Lipinski definition) is 0. The molecular formula is C46H30N2. The van der Waals surface area contributed by atoms with E-state index in [1.54, 1.807) is 0 Å². The maximum atomic E-state index is 2.42. The number of nitrogens with zero attached hydrogens (tertiary/aromatic N) is 2. The third kappa shape index (κ3) is 4.06. The quantitative estimate of drug-likeness (QED) is 0.188. The van der Waals surface area contributed by atoms with Crippen LogP contribution in [0.5, 0.6) is 0 Å². The predicted octanol–water partition coefficient (Wildman–Crippen LogP) is 12.4. The summed E-state index contributed by atoms with van der Waals surface area (Å²) in [6, 6.07) is 66.2. The van der Waals surface area contributed by atoms with E-state index in [-0.39, 0.29) is 0 Å². The Labute approximate surface area is 278 Å². The first-order chi connectivity index (χ1) is 23.8. The Kier molecular flexibility index (Phi) is 5.91. The van der Waals surface area contributed by atoms with Crippen molar-refractivity contribution in [3.8, 4) is 33.6 Å². The average Bonchev–Trinajstić information content (AvgIpc) is 3.67. The molecule has 0 aliphatic heterocycles. The second kappa shape index (κ2) is 10.6. The standard InChI is InChI=1S/C46H30N2/c1-2-13-36(14-3-1)47-43-18-8-6-16-38(43)40-29-34(25-27-45(40)47)31-21-23-32(24-22-31)35-26-28-46-41(30-35)39-17-7-9-19-44(39)48(46)42-20-10-12-33-11-4-5-15-37(33)42/h1-30H. The Morgan fingerprint density at radius 1 is 0.271 bits per heavy atom. The fourth-order valence-electron chi connectivity index (χ4n) is 7.68. The monoisotopic (exact) mass is 610 g/mol. The zero-order valence-electron chi connectivity index (χ0n) is 26.2. The molecule has 2 aromatic heterocycles. The molecule has 0 fully saturated rings. The van der Waals surface area contributed by atoms with Crippen LogP contribution < -0.4 is 0 Å². The Morgan fingerprint density at radius 2 is 0.729 bits per heavy atom. The number of benzene rings is 8. The molecule has 2 heteroatoms. The van der Waals surface area contributed by atoms with Gasteiger partial charge in [-0.15, -0.1) is 0 Å². The molecule has 0 amide bonds. The molecule has 0 aliphatic rings. The minimum Gasteiger partial charge on any atom is -0.309 e. The van der Waals surface area contributed by atoms with Gasteiger partial charge in [0, 0.05) is 32.6 Å². The molecule has 10 aromatic rings. The predicted molar refractivity (Wildman–Crippen MR) is 203 cm³/mol. The van der Waals surface area contributed by atoms with Crippen LogP contribution in [0.1, 0.15) is 0 Å². The van der Waals surface area contributed by atoms with Crippen LogP contribution in [0, 0.1) is 0 Å². The van der Waals surface area contributed by atoms with Crippen molar-refractivity contribution in [2.24, 2.45) is 0 Å². The molecule has 0 atom stereocenters. The molecule has 224 valence electrons. The molecule has 10 rings (SSSR count). The van der Waals surface area contributed by atoms with Gasteiger partial charge >= 0.3 is 0 Å². The highest BCUT2D eigenvalue weighted by atomic mass is 15.0. The van der Waals surface area contributed by atoms with E-state index in [2.05, 4.69) is 191 Å². The smallest absolute Gasteiger partial charge is 0.0541 e.